The topological polar surface area (TPSA) is 112 Å². The summed E-state index contributed by atoms with van der Waals surface area (Å²) in [6, 6.07) is -0.0335. The number of likely N-dealkylation sites (N-methyl/N-ethyl adjacent to an activating group) is 1. The molecule has 9 heteroatoms. The molecule has 9 nitrogen and oxygen atoms in total. The quantitative estimate of drug-likeness (QED) is 0.637. The Morgan fingerprint density at radius 3 is 2.95 bits per heavy atom. The second kappa shape index (κ2) is 6.33. The van der Waals surface area contributed by atoms with E-state index in [1.807, 2.05) is 7.05 Å². The van der Waals surface area contributed by atoms with E-state index in [4.69, 9.17) is 5.11 Å². The Morgan fingerprint density at radius 2 is 2.35 bits per heavy atom. The highest BCUT2D eigenvalue weighted by molar-refractivity contribution is 5.84. The number of hydrogen-bond donors (Lipinski definition) is 3. The number of likely N-dealkylation sites (tertiary alicyclic amines) is 1. The van der Waals surface area contributed by atoms with Gasteiger partial charge in [0.05, 0.1) is 12.7 Å². The molecule has 2 rings (SSSR count). The van der Waals surface area contributed by atoms with Gasteiger partial charge in [-0.25, -0.2) is 14.3 Å². The second-order valence-electron chi connectivity index (χ2n) is 4.82. The minimum atomic E-state index is -1.12. The summed E-state index contributed by atoms with van der Waals surface area (Å²) in [4.78, 5) is 24.4. The van der Waals surface area contributed by atoms with Crippen molar-refractivity contribution >= 4 is 12.0 Å². The van der Waals surface area contributed by atoms with E-state index >= 15 is 0 Å². The van der Waals surface area contributed by atoms with E-state index in [1.165, 1.54) is 10.9 Å². The molecule has 0 aromatic carbocycles. The van der Waals surface area contributed by atoms with Gasteiger partial charge in [0.25, 0.3) is 0 Å². The molecule has 1 atom stereocenters. The number of aromatic nitrogens is 3. The van der Waals surface area contributed by atoms with Crippen LogP contribution in [0.5, 0.6) is 0 Å². The van der Waals surface area contributed by atoms with Crippen LogP contribution in [0.2, 0.25) is 0 Å². The molecule has 0 saturated carbocycles. The molecule has 1 aromatic rings. The molecule has 3 N–H and O–H groups in total. The average Bonchev–Trinajstić information content (AvgIpc) is 2.99. The number of carbonyl (C=O) groups is 2. The number of hydrogen-bond acceptors (Lipinski definition) is 5. The molecule has 110 valence electrons. The lowest BCUT2D eigenvalue weighted by Gasteiger charge is -2.13. The molecule has 0 aliphatic carbocycles. The first-order valence-corrected chi connectivity index (χ1v) is 6.41. The predicted octanol–water partition coefficient (Wildman–Crippen LogP) is -1.02. The average molecular weight is 282 g/mol. The fourth-order valence-electron chi connectivity index (χ4n) is 2.08. The first kappa shape index (κ1) is 14.3. The van der Waals surface area contributed by atoms with Gasteiger partial charge in [0.15, 0.2) is 5.69 Å². The Kier molecular flexibility index (Phi) is 4.51. The lowest BCUT2D eigenvalue weighted by atomic mass is 10.3. The first-order chi connectivity index (χ1) is 9.54. The van der Waals surface area contributed by atoms with E-state index in [9.17, 15) is 9.59 Å². The molecule has 0 radical (unpaired) electrons. The summed E-state index contributed by atoms with van der Waals surface area (Å²) in [5.41, 5.74) is -0.108. The van der Waals surface area contributed by atoms with Crippen LogP contribution in [-0.4, -0.2) is 69.7 Å². The van der Waals surface area contributed by atoms with Crippen LogP contribution >= 0.6 is 0 Å². The third kappa shape index (κ3) is 3.92. The van der Waals surface area contributed by atoms with E-state index in [1.54, 1.807) is 0 Å². The first-order valence-electron chi connectivity index (χ1n) is 6.41. The van der Waals surface area contributed by atoms with Crippen molar-refractivity contribution in [1.82, 2.24) is 30.5 Å². The molecule has 1 aliphatic heterocycles. The normalized spacial score (nSPS) is 18.9. The van der Waals surface area contributed by atoms with Crippen LogP contribution < -0.4 is 10.6 Å². The Morgan fingerprint density at radius 1 is 1.55 bits per heavy atom. The Hall–Kier alpha value is -2.16. The van der Waals surface area contributed by atoms with E-state index < -0.39 is 5.97 Å². The summed E-state index contributed by atoms with van der Waals surface area (Å²) in [6.07, 6.45) is 2.28. The number of aromatic carboxylic acids is 1. The van der Waals surface area contributed by atoms with Crippen molar-refractivity contribution in [2.75, 3.05) is 26.7 Å². The summed E-state index contributed by atoms with van der Waals surface area (Å²) < 4.78 is 1.38. The van der Waals surface area contributed by atoms with Crippen LogP contribution in [0.4, 0.5) is 4.79 Å². The Balaban J connectivity index is 1.67. The molecule has 2 amide bonds. The minimum Gasteiger partial charge on any atom is -0.476 e. The standard InChI is InChI=1S/C11H18N6O3/c1-16-4-2-8(6-16)13-11(20)12-3-5-17-7-9(10(18)19)14-15-17/h7-8H,2-6H2,1H3,(H,18,19)(H2,12,13,20). The molecule has 20 heavy (non-hydrogen) atoms. The van der Waals surface area contributed by atoms with Crippen LogP contribution in [-0.2, 0) is 6.54 Å². The van der Waals surface area contributed by atoms with Gasteiger partial charge in [-0.3, -0.25) is 0 Å². The SMILES string of the molecule is CN1CCC(NC(=O)NCCn2cc(C(=O)O)nn2)C1. The highest BCUT2D eigenvalue weighted by Crippen LogP contribution is 2.05. The zero-order valence-corrected chi connectivity index (χ0v) is 11.2. The van der Waals surface area contributed by atoms with Gasteiger partial charge in [0.1, 0.15) is 0 Å². The molecule has 1 saturated heterocycles. The number of nitrogens with one attached hydrogen (secondary N) is 2. The van der Waals surface area contributed by atoms with Crippen molar-refractivity contribution in [2.45, 2.75) is 19.0 Å². The van der Waals surface area contributed by atoms with Gasteiger partial charge in [0.2, 0.25) is 0 Å². The summed E-state index contributed by atoms with van der Waals surface area (Å²) >= 11 is 0. The predicted molar refractivity (Wildman–Crippen MR) is 69.4 cm³/mol. The van der Waals surface area contributed by atoms with Crippen LogP contribution in [0.3, 0.4) is 0 Å². The van der Waals surface area contributed by atoms with Gasteiger partial charge in [-0.15, -0.1) is 5.10 Å². The van der Waals surface area contributed by atoms with Gasteiger partial charge in [-0.2, -0.15) is 0 Å². The number of nitrogens with zero attached hydrogens (tertiary/aromatic N) is 4. The number of amides is 2. The summed E-state index contributed by atoms with van der Waals surface area (Å²) in [6.45, 7) is 2.58. The third-order valence-corrected chi connectivity index (χ3v) is 3.11. The molecule has 1 aromatic heterocycles. The zero-order chi connectivity index (χ0) is 14.5. The monoisotopic (exact) mass is 282 g/mol. The molecule has 0 bridgehead atoms. The molecular formula is C11H18N6O3. The van der Waals surface area contributed by atoms with Crippen molar-refractivity contribution in [3.8, 4) is 0 Å². The highest BCUT2D eigenvalue weighted by atomic mass is 16.4. The summed E-state index contributed by atoms with van der Waals surface area (Å²) in [7, 11) is 2.02. The Bertz CT molecular complexity index is 488. The van der Waals surface area contributed by atoms with Crippen LogP contribution in [0.15, 0.2) is 6.20 Å². The van der Waals surface area contributed by atoms with Crippen molar-refractivity contribution in [1.29, 1.82) is 0 Å². The largest absolute Gasteiger partial charge is 0.476 e. The minimum absolute atomic E-state index is 0.108. The van der Waals surface area contributed by atoms with E-state index in [-0.39, 0.29) is 17.8 Å². The van der Waals surface area contributed by atoms with E-state index in [0.29, 0.717) is 13.1 Å². The van der Waals surface area contributed by atoms with Crippen molar-refractivity contribution in [3.63, 3.8) is 0 Å². The van der Waals surface area contributed by atoms with Gasteiger partial charge < -0.3 is 20.6 Å². The number of carboxylic acids is 1. The fraction of sp³-hybridized carbons (Fsp3) is 0.636. The fourth-order valence-corrected chi connectivity index (χ4v) is 2.08. The molecular weight excluding hydrogens is 264 g/mol. The van der Waals surface area contributed by atoms with Crippen molar-refractivity contribution < 1.29 is 14.7 Å². The second-order valence-corrected chi connectivity index (χ2v) is 4.82. The molecule has 1 aliphatic rings. The Labute approximate surface area is 115 Å². The van der Waals surface area contributed by atoms with Crippen LogP contribution in [0, 0.1) is 0 Å². The summed E-state index contributed by atoms with van der Waals surface area (Å²) in [5.74, 6) is -1.12. The van der Waals surface area contributed by atoms with E-state index in [0.717, 1.165) is 19.5 Å². The lowest BCUT2D eigenvalue weighted by Crippen LogP contribution is -2.44. The maximum absolute atomic E-state index is 11.6. The van der Waals surface area contributed by atoms with Gasteiger partial charge in [-0.05, 0) is 20.0 Å². The smallest absolute Gasteiger partial charge is 0.358 e. The maximum atomic E-state index is 11.6. The van der Waals surface area contributed by atoms with Gasteiger partial charge >= 0.3 is 12.0 Å². The summed E-state index contributed by atoms with van der Waals surface area (Å²) in [5, 5.41) is 21.4. The van der Waals surface area contributed by atoms with Gasteiger partial charge in [-0.1, -0.05) is 5.21 Å². The van der Waals surface area contributed by atoms with Gasteiger partial charge in [0, 0.05) is 19.1 Å². The lowest BCUT2D eigenvalue weighted by molar-refractivity contribution is 0.0690. The van der Waals surface area contributed by atoms with Crippen LogP contribution in [0.1, 0.15) is 16.9 Å². The third-order valence-electron chi connectivity index (χ3n) is 3.11. The number of carboxylic acid groups (broad SMARTS) is 1. The maximum Gasteiger partial charge on any atom is 0.358 e. The number of carbonyl (C=O) groups excluding carboxylic acids is 1. The molecule has 1 unspecified atom stereocenters. The molecule has 1 fully saturated rings. The number of rotatable bonds is 5. The highest BCUT2D eigenvalue weighted by Gasteiger charge is 2.20. The number of urea groups is 1. The zero-order valence-electron chi connectivity index (χ0n) is 11.2. The van der Waals surface area contributed by atoms with Crippen LogP contribution in [0.25, 0.3) is 0 Å². The van der Waals surface area contributed by atoms with Crippen molar-refractivity contribution in [2.24, 2.45) is 0 Å². The molecule has 2 heterocycles. The molecule has 0 spiro atoms. The van der Waals surface area contributed by atoms with E-state index in [2.05, 4.69) is 25.8 Å². The van der Waals surface area contributed by atoms with Crippen molar-refractivity contribution in [3.05, 3.63) is 11.9 Å².